The third-order valence-corrected chi connectivity index (χ3v) is 2.69. The van der Waals surface area contributed by atoms with Crippen molar-refractivity contribution >= 4 is 22.4 Å². The number of benzene rings is 2. The Morgan fingerprint density at radius 1 is 1.29 bits per heavy atom. The van der Waals surface area contributed by atoms with E-state index in [1.54, 1.807) is 6.07 Å². The van der Waals surface area contributed by atoms with E-state index in [9.17, 15) is 4.39 Å². The quantitative estimate of drug-likeness (QED) is 0.579. The normalized spacial score (nSPS) is 9.41. The van der Waals surface area contributed by atoms with Crippen LogP contribution < -0.4 is 0 Å². The van der Waals surface area contributed by atoms with Crippen LogP contribution in [0.4, 0.5) is 4.39 Å². The highest BCUT2D eigenvalue weighted by molar-refractivity contribution is 6.31. The number of terminal acetylenes is 1. The summed E-state index contributed by atoms with van der Waals surface area (Å²) < 4.78 is 13.6. The van der Waals surface area contributed by atoms with Gasteiger partial charge in [-0.15, -0.1) is 6.42 Å². The van der Waals surface area contributed by atoms with Crippen molar-refractivity contribution < 1.29 is 4.39 Å². The maximum Gasteiger partial charge on any atom is 0.158 e. The zero-order chi connectivity index (χ0) is 13.0. The molecule has 0 atom stereocenters. The minimum absolute atomic E-state index is 0.0704. The zero-order valence-electron chi connectivity index (χ0n) is 10.1. The predicted molar refractivity (Wildman–Crippen MR) is 72.9 cm³/mol. The molecule has 0 unspecified atom stereocenters. The van der Waals surface area contributed by atoms with E-state index >= 15 is 0 Å². The fraction of sp³-hybridized carbons (Fsp3) is 0.200. The molecule has 0 aromatic heterocycles. The lowest BCUT2D eigenvalue weighted by atomic mass is 10.00. The van der Waals surface area contributed by atoms with Crippen LogP contribution in [0, 0.1) is 25.1 Å². The highest BCUT2D eigenvalue weighted by atomic mass is 35.5. The summed E-state index contributed by atoms with van der Waals surface area (Å²) in [5.41, 5.74) is 1.20. The van der Waals surface area contributed by atoms with Crippen molar-refractivity contribution in [3.63, 3.8) is 0 Å². The summed E-state index contributed by atoms with van der Waals surface area (Å²) in [4.78, 5) is 0. The molecule has 2 aromatic carbocycles. The van der Waals surface area contributed by atoms with Crippen molar-refractivity contribution in [2.24, 2.45) is 0 Å². The van der Waals surface area contributed by atoms with Crippen LogP contribution >= 0.6 is 11.6 Å². The van der Waals surface area contributed by atoms with Crippen LogP contribution in [0.1, 0.15) is 25.0 Å². The second-order valence-corrected chi connectivity index (χ2v) is 3.77. The van der Waals surface area contributed by atoms with Gasteiger partial charge in [0.25, 0.3) is 0 Å². The second kappa shape index (κ2) is 5.70. The van der Waals surface area contributed by atoms with Crippen molar-refractivity contribution in [1.29, 1.82) is 0 Å². The van der Waals surface area contributed by atoms with Crippen molar-refractivity contribution in [1.82, 2.24) is 0 Å². The van der Waals surface area contributed by atoms with Gasteiger partial charge in [-0.25, -0.2) is 4.39 Å². The van der Waals surface area contributed by atoms with Crippen LogP contribution in [0.3, 0.4) is 0 Å². The van der Waals surface area contributed by atoms with Crippen molar-refractivity contribution in [3.05, 3.63) is 46.2 Å². The van der Waals surface area contributed by atoms with Gasteiger partial charge in [0.15, 0.2) is 5.82 Å². The number of hydrogen-bond acceptors (Lipinski definition) is 0. The van der Waals surface area contributed by atoms with Crippen molar-refractivity contribution in [2.75, 3.05) is 0 Å². The minimum Gasteiger partial charge on any atom is -0.204 e. The number of fused-ring (bicyclic) bond motifs is 1. The molecular formula is C15H14ClF. The van der Waals surface area contributed by atoms with E-state index in [1.807, 2.05) is 39.0 Å². The van der Waals surface area contributed by atoms with Crippen LogP contribution in [-0.4, -0.2) is 0 Å². The van der Waals surface area contributed by atoms with E-state index in [0.29, 0.717) is 0 Å². The van der Waals surface area contributed by atoms with Crippen LogP contribution in [0.5, 0.6) is 0 Å². The zero-order valence-corrected chi connectivity index (χ0v) is 10.9. The Morgan fingerprint density at radius 2 is 1.94 bits per heavy atom. The largest absolute Gasteiger partial charge is 0.204 e. The number of aryl methyl sites for hydroxylation is 1. The first-order valence-electron chi connectivity index (χ1n) is 5.49. The predicted octanol–water partition coefficient (Wildman–Crippen LogP) is 4.95. The lowest BCUT2D eigenvalue weighted by Crippen LogP contribution is -1.90. The fourth-order valence-electron chi connectivity index (χ4n) is 1.72. The van der Waals surface area contributed by atoms with E-state index in [0.717, 1.165) is 16.3 Å². The van der Waals surface area contributed by atoms with Crippen LogP contribution in [0.25, 0.3) is 10.8 Å². The minimum atomic E-state index is -0.513. The van der Waals surface area contributed by atoms with Crippen molar-refractivity contribution in [2.45, 2.75) is 20.8 Å². The molecule has 0 bridgehead atoms. The molecule has 2 heteroatoms. The highest BCUT2D eigenvalue weighted by Crippen LogP contribution is 2.29. The first kappa shape index (κ1) is 13.5. The third-order valence-electron chi connectivity index (χ3n) is 2.41. The number of halogens is 2. The van der Waals surface area contributed by atoms with Crippen molar-refractivity contribution in [3.8, 4) is 12.3 Å². The number of hydrogen-bond donors (Lipinski definition) is 0. The van der Waals surface area contributed by atoms with Gasteiger partial charge < -0.3 is 0 Å². The maximum absolute atomic E-state index is 13.6. The number of rotatable bonds is 0. The Balaban J connectivity index is 0.000000686. The molecule has 0 aliphatic carbocycles. The first-order chi connectivity index (χ1) is 8.15. The van der Waals surface area contributed by atoms with E-state index < -0.39 is 5.82 Å². The summed E-state index contributed by atoms with van der Waals surface area (Å²) >= 11 is 5.75. The van der Waals surface area contributed by atoms with Crippen LogP contribution in [0.15, 0.2) is 24.3 Å². The summed E-state index contributed by atoms with van der Waals surface area (Å²) in [6, 6.07) is 7.26. The molecule has 0 N–H and O–H groups in total. The summed E-state index contributed by atoms with van der Waals surface area (Å²) in [5, 5.41) is 1.71. The monoisotopic (exact) mass is 248 g/mol. The molecule has 2 rings (SSSR count). The third kappa shape index (κ3) is 2.43. The lowest BCUT2D eigenvalue weighted by molar-refractivity contribution is 0.627. The standard InChI is InChI=1S/C13H8ClF.C2H6/c1-3-10-12-8(2)5-4-6-9(12)7-11(14)13(10)15;1-2/h1,4-7H,2H3;1-2H3. The fourth-order valence-corrected chi connectivity index (χ4v) is 1.93. The molecule has 0 radical (unpaired) electrons. The molecule has 2 aromatic rings. The molecule has 17 heavy (non-hydrogen) atoms. The summed E-state index contributed by atoms with van der Waals surface area (Å²) in [5.74, 6) is 1.85. The summed E-state index contributed by atoms with van der Waals surface area (Å²) in [7, 11) is 0. The van der Waals surface area contributed by atoms with E-state index in [4.69, 9.17) is 18.0 Å². The molecule has 0 aliphatic rings. The SMILES string of the molecule is C#Cc1c(F)c(Cl)cc2cccc(C)c12.CC. The van der Waals surface area contributed by atoms with Gasteiger partial charge in [0.1, 0.15) is 0 Å². The molecule has 0 amide bonds. The average Bonchev–Trinajstić information content (AvgIpc) is 2.34. The van der Waals surface area contributed by atoms with E-state index in [2.05, 4.69) is 5.92 Å². The molecule has 0 fully saturated rings. The molecule has 0 aliphatic heterocycles. The highest BCUT2D eigenvalue weighted by Gasteiger charge is 2.11. The van der Waals surface area contributed by atoms with E-state index in [-0.39, 0.29) is 10.6 Å². The summed E-state index contributed by atoms with van der Waals surface area (Å²) in [6.07, 6.45) is 5.31. The van der Waals surface area contributed by atoms with Gasteiger partial charge in [0, 0.05) is 5.39 Å². The topological polar surface area (TPSA) is 0 Å². The lowest BCUT2D eigenvalue weighted by Gasteiger charge is -2.07. The average molecular weight is 249 g/mol. The molecule has 0 nitrogen and oxygen atoms in total. The Labute approximate surface area is 106 Å². The Kier molecular flexibility index (Phi) is 4.54. The second-order valence-electron chi connectivity index (χ2n) is 3.36. The maximum atomic E-state index is 13.6. The molecule has 0 spiro atoms. The van der Waals surface area contributed by atoms with Gasteiger partial charge >= 0.3 is 0 Å². The molecule has 0 heterocycles. The molecule has 88 valence electrons. The van der Waals surface area contributed by atoms with Gasteiger partial charge in [-0.05, 0) is 23.9 Å². The molecular weight excluding hydrogens is 235 g/mol. The first-order valence-corrected chi connectivity index (χ1v) is 5.87. The summed E-state index contributed by atoms with van der Waals surface area (Å²) in [6.45, 7) is 5.90. The van der Waals surface area contributed by atoms with Gasteiger partial charge in [-0.1, -0.05) is 49.6 Å². The van der Waals surface area contributed by atoms with Gasteiger partial charge in [0.2, 0.25) is 0 Å². The Morgan fingerprint density at radius 3 is 2.53 bits per heavy atom. The van der Waals surface area contributed by atoms with Gasteiger partial charge in [-0.3, -0.25) is 0 Å². The molecule has 0 saturated carbocycles. The van der Waals surface area contributed by atoms with E-state index in [1.165, 1.54) is 0 Å². The van der Waals surface area contributed by atoms with Crippen LogP contribution in [0.2, 0.25) is 5.02 Å². The Hall–Kier alpha value is -1.52. The smallest absolute Gasteiger partial charge is 0.158 e. The van der Waals surface area contributed by atoms with Crippen LogP contribution in [-0.2, 0) is 0 Å². The molecule has 0 saturated heterocycles. The Bertz CT molecular complexity index is 579. The van der Waals surface area contributed by atoms with Gasteiger partial charge in [0.05, 0.1) is 10.6 Å². The van der Waals surface area contributed by atoms with Gasteiger partial charge in [-0.2, -0.15) is 0 Å².